The fourth-order valence-corrected chi connectivity index (χ4v) is 4.24. The van der Waals surface area contributed by atoms with E-state index in [1.165, 1.54) is 31.2 Å². The molecule has 1 N–H and O–H groups in total. The molecule has 0 saturated heterocycles. The summed E-state index contributed by atoms with van der Waals surface area (Å²) in [5.74, 6) is 2.77. The van der Waals surface area contributed by atoms with Gasteiger partial charge in [0.1, 0.15) is 0 Å². The zero-order valence-electron chi connectivity index (χ0n) is 12.3. The van der Waals surface area contributed by atoms with Crippen LogP contribution in [-0.2, 0) is 11.2 Å². The lowest BCUT2D eigenvalue weighted by molar-refractivity contribution is -0.122. The van der Waals surface area contributed by atoms with Gasteiger partial charge in [0.25, 0.3) is 0 Å². The summed E-state index contributed by atoms with van der Waals surface area (Å²) >= 11 is 0. The van der Waals surface area contributed by atoms with Crippen molar-refractivity contribution in [2.45, 2.75) is 51.5 Å². The van der Waals surface area contributed by atoms with Crippen LogP contribution in [0.3, 0.4) is 0 Å². The van der Waals surface area contributed by atoms with Crippen molar-refractivity contribution in [2.24, 2.45) is 17.8 Å². The van der Waals surface area contributed by atoms with Gasteiger partial charge in [0.15, 0.2) is 0 Å². The first-order valence-electron chi connectivity index (χ1n) is 8.05. The minimum Gasteiger partial charge on any atom is -0.353 e. The van der Waals surface area contributed by atoms with Gasteiger partial charge in [0, 0.05) is 12.5 Å². The summed E-state index contributed by atoms with van der Waals surface area (Å²) in [7, 11) is 0. The van der Waals surface area contributed by atoms with Crippen LogP contribution < -0.4 is 5.32 Å². The topological polar surface area (TPSA) is 29.1 Å². The number of rotatable bonds is 5. The molecule has 2 heteroatoms. The van der Waals surface area contributed by atoms with Crippen LogP contribution in [-0.4, -0.2) is 11.9 Å². The first-order valence-corrected chi connectivity index (χ1v) is 8.05. The molecule has 0 unspecified atom stereocenters. The van der Waals surface area contributed by atoms with Gasteiger partial charge in [0.2, 0.25) is 5.91 Å². The van der Waals surface area contributed by atoms with E-state index in [0.717, 1.165) is 24.2 Å². The molecule has 1 aromatic carbocycles. The Morgan fingerprint density at radius 1 is 1.25 bits per heavy atom. The van der Waals surface area contributed by atoms with E-state index in [4.69, 9.17) is 0 Å². The molecule has 0 spiro atoms. The van der Waals surface area contributed by atoms with Gasteiger partial charge in [0.05, 0.1) is 0 Å². The molecular weight excluding hydrogens is 246 g/mol. The average molecular weight is 271 g/mol. The van der Waals surface area contributed by atoms with Crippen molar-refractivity contribution in [3.63, 3.8) is 0 Å². The van der Waals surface area contributed by atoms with Crippen molar-refractivity contribution < 1.29 is 4.79 Å². The van der Waals surface area contributed by atoms with Crippen molar-refractivity contribution in [3.8, 4) is 0 Å². The lowest BCUT2D eigenvalue weighted by atomic mass is 9.84. The van der Waals surface area contributed by atoms with Crippen molar-refractivity contribution in [2.75, 3.05) is 0 Å². The second-order valence-electron chi connectivity index (χ2n) is 6.68. The number of carbonyl (C=O) groups is 1. The second-order valence-corrected chi connectivity index (χ2v) is 6.68. The number of hydrogen-bond acceptors (Lipinski definition) is 1. The molecule has 2 saturated carbocycles. The zero-order valence-corrected chi connectivity index (χ0v) is 12.3. The maximum absolute atomic E-state index is 12.1. The third kappa shape index (κ3) is 3.05. The quantitative estimate of drug-likeness (QED) is 0.871. The summed E-state index contributed by atoms with van der Waals surface area (Å²) in [6.45, 7) is 2.20. The molecule has 20 heavy (non-hydrogen) atoms. The van der Waals surface area contributed by atoms with Gasteiger partial charge in [-0.1, -0.05) is 36.8 Å². The third-order valence-electron chi connectivity index (χ3n) is 5.31. The number of fused-ring (bicyclic) bond motifs is 2. The van der Waals surface area contributed by atoms with Crippen LogP contribution in [0.1, 0.15) is 44.6 Å². The molecule has 0 aromatic heterocycles. The minimum absolute atomic E-state index is 0.212. The Hall–Kier alpha value is -1.31. The predicted octanol–water partition coefficient (Wildman–Crippen LogP) is 3.56. The molecule has 2 bridgehead atoms. The first-order chi connectivity index (χ1) is 9.72. The highest BCUT2D eigenvalue weighted by molar-refractivity contribution is 5.76. The van der Waals surface area contributed by atoms with Crippen LogP contribution in [0.2, 0.25) is 0 Å². The van der Waals surface area contributed by atoms with Gasteiger partial charge < -0.3 is 5.32 Å². The maximum Gasteiger partial charge on any atom is 0.220 e. The summed E-state index contributed by atoms with van der Waals surface area (Å²) in [6, 6.07) is 10.6. The van der Waals surface area contributed by atoms with Gasteiger partial charge in [-0.25, -0.2) is 0 Å². The number of carbonyl (C=O) groups excluding carboxylic acids is 1. The SMILES string of the molecule is C[C@H](NC(=O)CCc1ccccc1)[C@H]1C[C@H]2CC[C@H]1C2. The molecule has 2 aliphatic rings. The number of nitrogens with one attached hydrogen (secondary N) is 1. The molecule has 2 aliphatic carbocycles. The van der Waals surface area contributed by atoms with Crippen molar-refractivity contribution in [1.29, 1.82) is 0 Å². The fourth-order valence-electron chi connectivity index (χ4n) is 4.24. The molecular formula is C18H25NO. The van der Waals surface area contributed by atoms with Crippen LogP contribution in [0.15, 0.2) is 30.3 Å². The molecule has 1 amide bonds. The van der Waals surface area contributed by atoms with E-state index in [-0.39, 0.29) is 5.91 Å². The van der Waals surface area contributed by atoms with Crippen LogP contribution >= 0.6 is 0 Å². The van der Waals surface area contributed by atoms with E-state index >= 15 is 0 Å². The molecule has 1 aromatic rings. The van der Waals surface area contributed by atoms with Crippen molar-refractivity contribution in [1.82, 2.24) is 5.32 Å². The molecule has 0 heterocycles. The molecule has 2 nitrogen and oxygen atoms in total. The Morgan fingerprint density at radius 2 is 2.05 bits per heavy atom. The summed E-state index contributed by atoms with van der Waals surface area (Å²) in [6.07, 6.45) is 7.01. The van der Waals surface area contributed by atoms with E-state index in [1.54, 1.807) is 0 Å². The van der Waals surface area contributed by atoms with Crippen LogP contribution in [0.25, 0.3) is 0 Å². The highest BCUT2D eigenvalue weighted by atomic mass is 16.1. The average Bonchev–Trinajstić information content (AvgIpc) is 3.09. The smallest absolute Gasteiger partial charge is 0.220 e. The van der Waals surface area contributed by atoms with E-state index in [2.05, 4.69) is 24.4 Å². The Balaban J connectivity index is 1.44. The first kappa shape index (κ1) is 13.7. The highest BCUT2D eigenvalue weighted by Crippen LogP contribution is 2.49. The fraction of sp³-hybridized carbons (Fsp3) is 0.611. The molecule has 108 valence electrons. The largest absolute Gasteiger partial charge is 0.353 e. The molecule has 2 fully saturated rings. The molecule has 0 radical (unpaired) electrons. The van der Waals surface area contributed by atoms with Gasteiger partial charge in [-0.15, -0.1) is 0 Å². The number of amides is 1. The van der Waals surface area contributed by atoms with Gasteiger partial charge >= 0.3 is 0 Å². The van der Waals surface area contributed by atoms with E-state index < -0.39 is 0 Å². The number of aryl methyl sites for hydroxylation is 1. The molecule has 3 rings (SSSR count). The van der Waals surface area contributed by atoms with E-state index in [1.807, 2.05) is 18.2 Å². The molecule has 0 aliphatic heterocycles. The number of benzene rings is 1. The summed E-state index contributed by atoms with van der Waals surface area (Å²) in [5.41, 5.74) is 1.25. The zero-order chi connectivity index (χ0) is 13.9. The summed E-state index contributed by atoms with van der Waals surface area (Å²) in [4.78, 5) is 12.1. The minimum atomic E-state index is 0.212. The molecule has 4 atom stereocenters. The standard InChI is InChI=1S/C18H25NO/c1-13(17-12-15-7-9-16(17)11-15)19-18(20)10-8-14-5-3-2-4-6-14/h2-6,13,15-17H,7-12H2,1H3,(H,19,20)/t13-,15-,16-,17+/m0/s1. The van der Waals surface area contributed by atoms with Crippen LogP contribution in [0.5, 0.6) is 0 Å². The predicted molar refractivity (Wildman–Crippen MR) is 81.3 cm³/mol. The van der Waals surface area contributed by atoms with Crippen molar-refractivity contribution in [3.05, 3.63) is 35.9 Å². The van der Waals surface area contributed by atoms with E-state index in [9.17, 15) is 4.79 Å². The van der Waals surface area contributed by atoms with Gasteiger partial charge in [-0.05, 0) is 55.9 Å². The lowest BCUT2D eigenvalue weighted by Gasteiger charge is -2.28. The van der Waals surface area contributed by atoms with Crippen LogP contribution in [0.4, 0.5) is 0 Å². The Labute approximate surface area is 122 Å². The Kier molecular flexibility index (Phi) is 4.09. The monoisotopic (exact) mass is 271 g/mol. The van der Waals surface area contributed by atoms with Gasteiger partial charge in [-0.2, -0.15) is 0 Å². The number of hydrogen-bond donors (Lipinski definition) is 1. The lowest BCUT2D eigenvalue weighted by Crippen LogP contribution is -2.40. The van der Waals surface area contributed by atoms with Gasteiger partial charge in [-0.3, -0.25) is 4.79 Å². The second kappa shape index (κ2) is 5.99. The van der Waals surface area contributed by atoms with Crippen molar-refractivity contribution >= 4 is 5.91 Å². The normalized spacial score (nSPS) is 29.4. The van der Waals surface area contributed by atoms with E-state index in [0.29, 0.717) is 12.5 Å². The Bertz CT molecular complexity index is 456. The maximum atomic E-state index is 12.1. The van der Waals surface area contributed by atoms with Crippen LogP contribution in [0, 0.1) is 17.8 Å². The third-order valence-corrected chi connectivity index (χ3v) is 5.31. The Morgan fingerprint density at radius 3 is 2.70 bits per heavy atom. The highest BCUT2D eigenvalue weighted by Gasteiger charge is 2.41. The summed E-state index contributed by atoms with van der Waals surface area (Å²) in [5, 5.41) is 3.24. The summed E-state index contributed by atoms with van der Waals surface area (Å²) < 4.78 is 0.